The topological polar surface area (TPSA) is 90.6 Å². The van der Waals surface area contributed by atoms with Gasteiger partial charge in [0.15, 0.2) is 11.5 Å². The molecule has 0 spiro atoms. The zero-order valence-electron chi connectivity index (χ0n) is 16.1. The van der Waals surface area contributed by atoms with Crippen molar-refractivity contribution in [3.63, 3.8) is 0 Å². The molecule has 2 aromatic heterocycles. The van der Waals surface area contributed by atoms with Crippen molar-refractivity contribution in [3.05, 3.63) is 71.2 Å². The maximum absolute atomic E-state index is 12.2. The fourth-order valence-electron chi connectivity index (χ4n) is 2.83. The number of nitrogens with zero attached hydrogens (tertiary/aromatic N) is 4. The summed E-state index contributed by atoms with van der Waals surface area (Å²) in [6.07, 6.45) is 0. The molecule has 0 aliphatic heterocycles. The normalized spacial score (nSPS) is 10.7. The Hall–Kier alpha value is -3.65. The lowest BCUT2D eigenvalue weighted by molar-refractivity contribution is 0.0946. The van der Waals surface area contributed by atoms with E-state index < -0.39 is 0 Å². The van der Waals surface area contributed by atoms with Crippen LogP contribution in [0.4, 0.5) is 0 Å². The Balaban J connectivity index is 1.41. The van der Waals surface area contributed by atoms with Crippen molar-refractivity contribution >= 4 is 23.2 Å². The number of nitrogens with one attached hydrogen (secondary N) is 1. The van der Waals surface area contributed by atoms with E-state index in [0.717, 1.165) is 11.3 Å². The van der Waals surface area contributed by atoms with E-state index in [0.29, 0.717) is 34.5 Å². The molecular weight excluding hydrogens is 406 g/mol. The Morgan fingerprint density at radius 3 is 2.63 bits per heavy atom. The van der Waals surface area contributed by atoms with Crippen molar-refractivity contribution in [1.29, 1.82) is 0 Å². The van der Waals surface area contributed by atoms with Crippen molar-refractivity contribution in [2.45, 2.75) is 0 Å². The zero-order chi connectivity index (χ0) is 20.9. The molecule has 0 aliphatic carbocycles. The summed E-state index contributed by atoms with van der Waals surface area (Å²) in [6.45, 7) is 0.548. The lowest BCUT2D eigenvalue weighted by Gasteiger charge is -2.08. The summed E-state index contributed by atoms with van der Waals surface area (Å²) in [5, 5.41) is 16.0. The van der Waals surface area contributed by atoms with Crippen molar-refractivity contribution in [2.75, 3.05) is 20.3 Å². The van der Waals surface area contributed by atoms with E-state index in [2.05, 4.69) is 20.6 Å². The van der Waals surface area contributed by atoms with Crippen LogP contribution in [0.5, 0.6) is 11.6 Å². The Labute approximate surface area is 177 Å². The molecule has 0 fully saturated rings. The number of methoxy groups -OCH3 is 1. The van der Waals surface area contributed by atoms with E-state index in [1.165, 1.54) is 0 Å². The second kappa shape index (κ2) is 8.79. The number of rotatable bonds is 7. The Morgan fingerprint density at radius 1 is 1.07 bits per heavy atom. The van der Waals surface area contributed by atoms with Crippen LogP contribution in [0.1, 0.15) is 10.4 Å². The lowest BCUT2D eigenvalue weighted by Crippen LogP contribution is -2.28. The first kappa shape index (κ1) is 19.7. The van der Waals surface area contributed by atoms with Gasteiger partial charge < -0.3 is 14.8 Å². The molecule has 1 N–H and O–H groups in total. The number of carbonyl (C=O) groups excluding carboxylic acids is 1. The molecule has 4 aromatic rings. The van der Waals surface area contributed by atoms with Crippen molar-refractivity contribution in [1.82, 2.24) is 25.1 Å². The van der Waals surface area contributed by atoms with Crippen LogP contribution in [0.25, 0.3) is 17.0 Å². The SMILES string of the molecule is COc1ccc(-c2nnc3ccc(OCCNC(=O)c4ccccc4Cl)nn23)cc1. The maximum Gasteiger partial charge on any atom is 0.252 e. The summed E-state index contributed by atoms with van der Waals surface area (Å²) < 4.78 is 12.5. The quantitative estimate of drug-likeness (QED) is 0.459. The minimum absolute atomic E-state index is 0.245. The van der Waals surface area contributed by atoms with E-state index in [-0.39, 0.29) is 12.5 Å². The number of halogens is 1. The van der Waals surface area contributed by atoms with Crippen LogP contribution in [0.15, 0.2) is 60.7 Å². The molecule has 0 aliphatic rings. The number of aromatic nitrogens is 4. The molecule has 0 unspecified atom stereocenters. The van der Waals surface area contributed by atoms with Crippen LogP contribution < -0.4 is 14.8 Å². The second-order valence-corrected chi connectivity index (χ2v) is 6.69. The third-order valence-corrected chi connectivity index (χ3v) is 4.67. The van der Waals surface area contributed by atoms with Gasteiger partial charge in [0, 0.05) is 11.6 Å². The summed E-state index contributed by atoms with van der Waals surface area (Å²) in [4.78, 5) is 12.2. The molecule has 1 amide bonds. The smallest absolute Gasteiger partial charge is 0.252 e. The van der Waals surface area contributed by atoms with Crippen LogP contribution in [-0.2, 0) is 0 Å². The number of benzene rings is 2. The van der Waals surface area contributed by atoms with E-state index in [1.54, 1.807) is 48.0 Å². The van der Waals surface area contributed by atoms with E-state index in [9.17, 15) is 4.79 Å². The summed E-state index contributed by atoms with van der Waals surface area (Å²) >= 11 is 6.03. The van der Waals surface area contributed by atoms with Crippen molar-refractivity contribution in [3.8, 4) is 23.0 Å². The van der Waals surface area contributed by atoms with Gasteiger partial charge in [-0.2, -0.15) is 4.52 Å². The number of fused-ring (bicyclic) bond motifs is 1. The number of ether oxygens (including phenoxy) is 2. The van der Waals surface area contributed by atoms with E-state index in [1.807, 2.05) is 24.3 Å². The predicted octanol–water partition coefficient (Wildman–Crippen LogP) is 3.26. The first-order chi connectivity index (χ1) is 14.7. The molecule has 0 saturated heterocycles. The van der Waals surface area contributed by atoms with Gasteiger partial charge in [-0.25, -0.2) is 0 Å². The van der Waals surface area contributed by atoms with Gasteiger partial charge in [0.25, 0.3) is 5.91 Å². The highest BCUT2D eigenvalue weighted by Crippen LogP contribution is 2.22. The molecule has 30 heavy (non-hydrogen) atoms. The fraction of sp³-hybridized carbons (Fsp3) is 0.143. The number of carbonyl (C=O) groups is 1. The number of hydrogen-bond acceptors (Lipinski definition) is 6. The third kappa shape index (κ3) is 4.18. The van der Waals surface area contributed by atoms with E-state index in [4.69, 9.17) is 21.1 Å². The van der Waals surface area contributed by atoms with Crippen LogP contribution in [-0.4, -0.2) is 46.0 Å². The molecule has 9 heteroatoms. The molecular formula is C21H18ClN5O3. The van der Waals surface area contributed by atoms with Crippen molar-refractivity contribution in [2.24, 2.45) is 0 Å². The minimum Gasteiger partial charge on any atom is -0.497 e. The fourth-order valence-corrected chi connectivity index (χ4v) is 3.05. The van der Waals surface area contributed by atoms with Gasteiger partial charge in [-0.3, -0.25) is 4.79 Å². The maximum atomic E-state index is 12.2. The van der Waals surface area contributed by atoms with E-state index >= 15 is 0 Å². The Kier molecular flexibility index (Phi) is 5.76. The Morgan fingerprint density at radius 2 is 1.87 bits per heavy atom. The van der Waals surface area contributed by atoms with Gasteiger partial charge in [-0.05, 0) is 42.5 Å². The van der Waals surface area contributed by atoms with Crippen LogP contribution in [0.3, 0.4) is 0 Å². The molecule has 0 bridgehead atoms. The minimum atomic E-state index is -0.256. The standard InChI is InChI=1S/C21H18ClN5O3/c1-29-15-8-6-14(7-9-15)20-25-24-18-10-11-19(26-27(18)20)30-13-12-23-21(28)16-4-2-3-5-17(16)22/h2-11H,12-13H2,1H3,(H,23,28). The average molecular weight is 424 g/mol. The monoisotopic (exact) mass is 423 g/mol. The number of amides is 1. The summed E-state index contributed by atoms with van der Waals surface area (Å²) in [5.41, 5.74) is 1.87. The molecule has 0 atom stereocenters. The highest BCUT2D eigenvalue weighted by Gasteiger charge is 2.11. The summed E-state index contributed by atoms with van der Waals surface area (Å²) in [7, 11) is 1.61. The van der Waals surface area contributed by atoms with Crippen LogP contribution >= 0.6 is 11.6 Å². The molecule has 0 saturated carbocycles. The van der Waals surface area contributed by atoms with Gasteiger partial charge in [0.1, 0.15) is 12.4 Å². The highest BCUT2D eigenvalue weighted by molar-refractivity contribution is 6.33. The second-order valence-electron chi connectivity index (χ2n) is 6.28. The van der Waals surface area contributed by atoms with Gasteiger partial charge in [-0.1, -0.05) is 23.7 Å². The summed E-state index contributed by atoms with van der Waals surface area (Å²) in [5.74, 6) is 1.48. The van der Waals surface area contributed by atoms with Gasteiger partial charge in [0.2, 0.25) is 5.88 Å². The highest BCUT2D eigenvalue weighted by atomic mass is 35.5. The third-order valence-electron chi connectivity index (χ3n) is 4.34. The van der Waals surface area contributed by atoms with Crippen LogP contribution in [0.2, 0.25) is 5.02 Å². The molecule has 2 aromatic carbocycles. The number of hydrogen-bond donors (Lipinski definition) is 1. The predicted molar refractivity (Wildman–Crippen MR) is 112 cm³/mol. The largest absolute Gasteiger partial charge is 0.497 e. The van der Waals surface area contributed by atoms with Gasteiger partial charge in [-0.15, -0.1) is 15.3 Å². The molecule has 152 valence electrons. The molecule has 8 nitrogen and oxygen atoms in total. The lowest BCUT2D eigenvalue weighted by atomic mass is 10.2. The van der Waals surface area contributed by atoms with Crippen molar-refractivity contribution < 1.29 is 14.3 Å². The van der Waals surface area contributed by atoms with Gasteiger partial charge in [0.05, 0.1) is 24.2 Å². The molecule has 4 rings (SSSR count). The summed E-state index contributed by atoms with van der Waals surface area (Å²) in [6, 6.07) is 17.8. The zero-order valence-corrected chi connectivity index (χ0v) is 16.8. The molecule has 0 radical (unpaired) electrons. The molecule has 2 heterocycles. The average Bonchev–Trinajstić information content (AvgIpc) is 3.20. The Bertz CT molecular complexity index is 1180. The first-order valence-electron chi connectivity index (χ1n) is 9.18. The van der Waals surface area contributed by atoms with Gasteiger partial charge >= 0.3 is 0 Å². The first-order valence-corrected chi connectivity index (χ1v) is 9.56. The van der Waals surface area contributed by atoms with Crippen LogP contribution in [0, 0.1) is 0 Å².